The minimum atomic E-state index is -3.87. The van der Waals surface area contributed by atoms with Crippen LogP contribution in [0.5, 0.6) is 5.75 Å². The third-order valence-corrected chi connectivity index (χ3v) is 7.44. The zero-order valence-electron chi connectivity index (χ0n) is 21.1. The maximum Gasteiger partial charge on any atom is 0.244 e. The van der Waals surface area contributed by atoms with E-state index in [2.05, 4.69) is 5.32 Å². The number of hydrogen-bond donors (Lipinski definition) is 1. The minimum absolute atomic E-state index is 0.0759. The smallest absolute Gasteiger partial charge is 0.244 e. The van der Waals surface area contributed by atoms with Crippen LogP contribution in [0.1, 0.15) is 39.2 Å². The second-order valence-electron chi connectivity index (χ2n) is 8.48. The zero-order valence-corrected chi connectivity index (χ0v) is 23.5. The number of ether oxygens (including phenoxy) is 1. The molecule has 0 saturated carbocycles. The Labute approximate surface area is 223 Å². The van der Waals surface area contributed by atoms with Gasteiger partial charge in [-0.2, -0.15) is 0 Å². The summed E-state index contributed by atoms with van der Waals surface area (Å²) in [6.45, 7) is 5.23. The molecule has 198 valence electrons. The van der Waals surface area contributed by atoms with Gasteiger partial charge in [-0.25, -0.2) is 8.42 Å². The van der Waals surface area contributed by atoms with Crippen molar-refractivity contribution in [2.75, 3.05) is 24.2 Å². The van der Waals surface area contributed by atoms with Gasteiger partial charge in [0.05, 0.1) is 24.1 Å². The van der Waals surface area contributed by atoms with Gasteiger partial charge in [0.1, 0.15) is 18.3 Å². The molecule has 1 N–H and O–H groups in total. The lowest BCUT2D eigenvalue weighted by Crippen LogP contribution is -2.53. The highest BCUT2D eigenvalue weighted by Crippen LogP contribution is 2.30. The summed E-state index contributed by atoms with van der Waals surface area (Å²) in [5.74, 6) is -0.460. The molecule has 0 unspecified atom stereocenters. The molecule has 0 heterocycles. The van der Waals surface area contributed by atoms with Gasteiger partial charge in [-0.15, -0.1) is 0 Å². The van der Waals surface area contributed by atoms with Crippen LogP contribution in [-0.4, -0.2) is 57.1 Å². The second-order valence-corrected chi connectivity index (χ2v) is 11.2. The number of carbonyl (C=O) groups is 2. The van der Waals surface area contributed by atoms with Crippen LogP contribution in [0, 0.1) is 0 Å². The number of amides is 2. The molecular formula is C25H33Cl2N3O5S. The highest BCUT2D eigenvalue weighted by Gasteiger charge is 2.32. The number of benzene rings is 2. The molecule has 0 fully saturated rings. The normalized spacial score (nSPS) is 13.0. The highest BCUT2D eigenvalue weighted by atomic mass is 35.5. The minimum Gasteiger partial charge on any atom is -0.495 e. The SMILES string of the molecule is CC[C@H](C)NC(=O)[C@H](CC)N(Cc1ccc(Cl)cc1)C(=O)CN(c1ccc(OC)c(Cl)c1)S(C)(=O)=O. The standard InChI is InChI=1S/C25H33Cl2N3O5S/c1-6-17(3)28-25(32)22(7-2)29(15-18-8-10-19(26)11-9-18)24(31)16-30(36(5,33)34)20-12-13-23(35-4)21(27)14-20/h8-14,17,22H,6-7,15-16H2,1-5H3,(H,28,32)/t17-,22-/m0/s1. The molecule has 2 amide bonds. The van der Waals surface area contributed by atoms with Gasteiger partial charge in [0.15, 0.2) is 0 Å². The lowest BCUT2D eigenvalue weighted by Gasteiger charge is -2.33. The Morgan fingerprint density at radius 3 is 2.19 bits per heavy atom. The van der Waals surface area contributed by atoms with Gasteiger partial charge in [0.25, 0.3) is 0 Å². The fourth-order valence-electron chi connectivity index (χ4n) is 3.57. The highest BCUT2D eigenvalue weighted by molar-refractivity contribution is 7.92. The Morgan fingerprint density at radius 1 is 1.06 bits per heavy atom. The van der Waals surface area contributed by atoms with E-state index in [-0.39, 0.29) is 29.2 Å². The second kappa shape index (κ2) is 13.2. The van der Waals surface area contributed by atoms with Gasteiger partial charge < -0.3 is 15.0 Å². The number of nitrogens with one attached hydrogen (secondary N) is 1. The molecule has 0 aliphatic carbocycles. The summed E-state index contributed by atoms with van der Waals surface area (Å²) < 4.78 is 31.5. The van der Waals surface area contributed by atoms with Crippen LogP contribution in [-0.2, 0) is 26.2 Å². The molecule has 2 rings (SSSR count). The van der Waals surface area contributed by atoms with Crippen LogP contribution >= 0.6 is 23.2 Å². The van der Waals surface area contributed by atoms with Crippen LogP contribution < -0.4 is 14.4 Å². The van der Waals surface area contributed by atoms with E-state index in [0.29, 0.717) is 17.2 Å². The maximum atomic E-state index is 13.7. The quantitative estimate of drug-likeness (QED) is 0.414. The molecule has 8 nitrogen and oxygen atoms in total. The molecule has 2 aromatic rings. The van der Waals surface area contributed by atoms with E-state index in [4.69, 9.17) is 27.9 Å². The van der Waals surface area contributed by atoms with Crippen molar-refractivity contribution >= 4 is 50.7 Å². The van der Waals surface area contributed by atoms with Crippen molar-refractivity contribution in [1.82, 2.24) is 10.2 Å². The fourth-order valence-corrected chi connectivity index (χ4v) is 4.79. The largest absolute Gasteiger partial charge is 0.495 e. The molecule has 2 aromatic carbocycles. The van der Waals surface area contributed by atoms with E-state index in [1.54, 1.807) is 31.2 Å². The average molecular weight is 559 g/mol. The molecule has 0 bridgehead atoms. The van der Waals surface area contributed by atoms with E-state index >= 15 is 0 Å². The third-order valence-electron chi connectivity index (χ3n) is 5.76. The van der Waals surface area contributed by atoms with Gasteiger partial charge >= 0.3 is 0 Å². The van der Waals surface area contributed by atoms with Gasteiger partial charge in [-0.3, -0.25) is 13.9 Å². The van der Waals surface area contributed by atoms with Crippen molar-refractivity contribution in [3.8, 4) is 5.75 Å². The third kappa shape index (κ3) is 8.01. The number of rotatable bonds is 12. The van der Waals surface area contributed by atoms with Crippen LogP contribution in [0.3, 0.4) is 0 Å². The zero-order chi connectivity index (χ0) is 27.0. The van der Waals surface area contributed by atoms with E-state index in [1.165, 1.54) is 30.2 Å². The Bertz CT molecular complexity index is 1160. The summed E-state index contributed by atoms with van der Waals surface area (Å²) in [5, 5.41) is 3.67. The van der Waals surface area contributed by atoms with Gasteiger partial charge in [0, 0.05) is 17.6 Å². The molecule has 2 atom stereocenters. The number of halogens is 2. The van der Waals surface area contributed by atoms with Gasteiger partial charge in [-0.1, -0.05) is 49.2 Å². The Morgan fingerprint density at radius 2 is 1.69 bits per heavy atom. The van der Waals surface area contributed by atoms with Crippen molar-refractivity contribution in [3.63, 3.8) is 0 Å². The number of hydrogen-bond acceptors (Lipinski definition) is 5. The van der Waals surface area contributed by atoms with Crippen LogP contribution in [0.4, 0.5) is 5.69 Å². The first-order valence-electron chi connectivity index (χ1n) is 11.6. The molecule has 0 aliphatic heterocycles. The van der Waals surface area contributed by atoms with Crippen LogP contribution in [0.2, 0.25) is 10.0 Å². The average Bonchev–Trinajstić information content (AvgIpc) is 2.82. The number of carbonyl (C=O) groups excluding carboxylic acids is 2. The monoisotopic (exact) mass is 557 g/mol. The van der Waals surface area contributed by atoms with Crippen molar-refractivity contribution < 1.29 is 22.7 Å². The summed E-state index contributed by atoms with van der Waals surface area (Å²) in [6.07, 6.45) is 2.08. The molecule has 0 aliphatic rings. The van der Waals surface area contributed by atoms with Crippen LogP contribution in [0.25, 0.3) is 0 Å². The van der Waals surface area contributed by atoms with Crippen molar-refractivity contribution in [2.45, 2.75) is 52.2 Å². The van der Waals surface area contributed by atoms with E-state index in [0.717, 1.165) is 22.5 Å². The first kappa shape index (κ1) is 29.7. The van der Waals surface area contributed by atoms with Gasteiger partial charge in [-0.05, 0) is 55.7 Å². The Balaban J connectivity index is 2.45. The maximum absolute atomic E-state index is 13.7. The molecule has 0 spiro atoms. The van der Waals surface area contributed by atoms with Crippen molar-refractivity contribution in [3.05, 3.63) is 58.1 Å². The van der Waals surface area contributed by atoms with Crippen molar-refractivity contribution in [1.29, 1.82) is 0 Å². The first-order valence-corrected chi connectivity index (χ1v) is 14.2. The number of nitrogens with zero attached hydrogens (tertiary/aromatic N) is 2. The summed E-state index contributed by atoms with van der Waals surface area (Å²) >= 11 is 12.2. The summed E-state index contributed by atoms with van der Waals surface area (Å²) in [6, 6.07) is 10.5. The molecular weight excluding hydrogens is 525 g/mol. The number of anilines is 1. The predicted octanol–water partition coefficient (Wildman–Crippen LogP) is 4.49. The van der Waals surface area contributed by atoms with Crippen LogP contribution in [0.15, 0.2) is 42.5 Å². The number of sulfonamides is 1. The Hall–Kier alpha value is -2.49. The number of methoxy groups -OCH3 is 1. The lowest BCUT2D eigenvalue weighted by molar-refractivity contribution is -0.140. The van der Waals surface area contributed by atoms with E-state index < -0.39 is 28.5 Å². The van der Waals surface area contributed by atoms with Crippen molar-refractivity contribution in [2.24, 2.45) is 0 Å². The fraction of sp³-hybridized carbons (Fsp3) is 0.440. The van der Waals surface area contributed by atoms with E-state index in [1.807, 2.05) is 13.8 Å². The predicted molar refractivity (Wildman–Crippen MR) is 144 cm³/mol. The molecule has 11 heteroatoms. The summed E-state index contributed by atoms with van der Waals surface area (Å²) in [5.41, 5.74) is 0.959. The summed E-state index contributed by atoms with van der Waals surface area (Å²) in [4.78, 5) is 28.2. The molecule has 0 radical (unpaired) electrons. The molecule has 0 saturated heterocycles. The Kier molecular flexibility index (Phi) is 10.9. The lowest BCUT2D eigenvalue weighted by atomic mass is 10.1. The first-order chi connectivity index (χ1) is 16.9. The van der Waals surface area contributed by atoms with Gasteiger partial charge in [0.2, 0.25) is 21.8 Å². The topological polar surface area (TPSA) is 96.0 Å². The molecule has 36 heavy (non-hydrogen) atoms. The van der Waals surface area contributed by atoms with E-state index in [9.17, 15) is 18.0 Å². The summed E-state index contributed by atoms with van der Waals surface area (Å²) in [7, 11) is -2.42. The molecule has 0 aromatic heterocycles.